The fourth-order valence-corrected chi connectivity index (χ4v) is 21.2. The minimum absolute atomic E-state index is 0.0312. The summed E-state index contributed by atoms with van der Waals surface area (Å²) in [5.41, 5.74) is 12.7. The number of fused-ring (bicyclic) bond motifs is 24. The summed E-state index contributed by atoms with van der Waals surface area (Å²) in [6.07, 6.45) is 0. The van der Waals surface area contributed by atoms with Crippen molar-refractivity contribution in [3.8, 4) is 100 Å². The van der Waals surface area contributed by atoms with Gasteiger partial charge in [0.15, 0.2) is 0 Å². The minimum atomic E-state index is -0.756. The molecule has 0 saturated heterocycles. The third kappa shape index (κ3) is 13.3. The molecule has 0 aliphatic carbocycles. The number of hydrogen-bond donors (Lipinski definition) is 0. The molecule has 30 rings (SSSR count). The molecule has 0 radical (unpaired) electrons. The smallest absolute Gasteiger partial charge is 0.143 e. The molecule has 0 atom stereocenters. The lowest BCUT2D eigenvalue weighted by atomic mass is 9.84. The first-order valence-corrected chi connectivity index (χ1v) is 46.0. The molecule has 141 heavy (non-hydrogen) atoms. The van der Waals surface area contributed by atoms with Crippen LogP contribution < -0.4 is 0 Å². The van der Waals surface area contributed by atoms with E-state index in [2.05, 4.69) is 42.5 Å². The predicted octanol–water partition coefficient (Wildman–Crippen LogP) is 39.6. The van der Waals surface area contributed by atoms with Crippen molar-refractivity contribution >= 4 is 195 Å². The van der Waals surface area contributed by atoms with Gasteiger partial charge in [0.1, 0.15) is 33.5 Å². The zero-order valence-corrected chi connectivity index (χ0v) is 74.3. The SMILES string of the molecule is [2H]c1c([2H])c([2H])c2c(-c3c4c([2H])c([2H])c([2H])c([2H])c4c(-c4ccc(-c5cccc6oc7c8ccccc8ccc7c56)cc4)c4c([2H])c([2H])c([2H])c([2H])c34)c([2H])c([2H])c([2H])c2c1[2H].[2H]c1c([2H])c([2H])c2c(-c3ccc4ccccc4c3)c3c([2H])c([2H])c([2H])c([2H])c3c(-c3ccc(-c4cccc5oc6c7ccccc7ccc6c45)cc3)c2c1[2H].[2H]c1c([2H])c([2H])c2c(-c3cccc4ccccc34)c3c([2H])c([2H])c([2H])c([2H])c3c(-c3cccc(-c4cccc5oc6c7ccccc7ccc6c45)c3)c2c1[2H]. The van der Waals surface area contributed by atoms with Crippen LogP contribution in [-0.4, -0.2) is 0 Å². The summed E-state index contributed by atoms with van der Waals surface area (Å²) in [5.74, 6) is 0. The third-order valence-electron chi connectivity index (χ3n) is 27.4. The Morgan fingerprint density at radius 2 is 0.411 bits per heavy atom. The van der Waals surface area contributed by atoms with Gasteiger partial charge in [0, 0.05) is 48.5 Å². The minimum Gasteiger partial charge on any atom is -0.455 e. The average molecular weight is 1820 g/mol. The Labute approximate surface area is 855 Å². The van der Waals surface area contributed by atoms with Gasteiger partial charge >= 0.3 is 0 Å². The van der Waals surface area contributed by atoms with Gasteiger partial charge in [-0.2, -0.15) is 0 Å². The van der Waals surface area contributed by atoms with Crippen LogP contribution in [0.1, 0.15) is 42.5 Å². The maximum Gasteiger partial charge on any atom is 0.143 e. The van der Waals surface area contributed by atoms with Gasteiger partial charge in [0.05, 0.1) is 42.5 Å². The summed E-state index contributed by atoms with van der Waals surface area (Å²) in [5, 5.41) is 15.0. The van der Waals surface area contributed by atoms with E-state index in [9.17, 15) is 17.8 Å². The van der Waals surface area contributed by atoms with Gasteiger partial charge in [0.25, 0.3) is 0 Å². The Kier molecular flexibility index (Phi) is 13.1. The van der Waals surface area contributed by atoms with Crippen LogP contribution in [0.25, 0.3) is 295 Å². The van der Waals surface area contributed by atoms with Crippen molar-refractivity contribution in [1.29, 1.82) is 0 Å². The quantitative estimate of drug-likeness (QED) is 0.135. The molecule has 0 aliphatic rings. The molecule has 0 saturated carbocycles. The van der Waals surface area contributed by atoms with Crippen molar-refractivity contribution in [2.24, 2.45) is 0 Å². The molecule has 3 heterocycles. The van der Waals surface area contributed by atoms with E-state index < -0.39 is 155 Å². The lowest BCUT2D eigenvalue weighted by molar-refractivity contribution is 0.672. The predicted molar refractivity (Wildman–Crippen MR) is 600 cm³/mol. The van der Waals surface area contributed by atoms with Crippen molar-refractivity contribution in [2.75, 3.05) is 0 Å². The fraction of sp³-hybridized carbons (Fsp3) is 0. The highest BCUT2D eigenvalue weighted by atomic mass is 16.3. The van der Waals surface area contributed by atoms with E-state index in [1.807, 2.05) is 255 Å². The van der Waals surface area contributed by atoms with E-state index >= 15 is 0 Å². The fourth-order valence-electron chi connectivity index (χ4n) is 21.2. The summed E-state index contributed by atoms with van der Waals surface area (Å²) in [4.78, 5) is 0. The van der Waals surface area contributed by atoms with Crippen LogP contribution in [0.4, 0.5) is 0 Å². The van der Waals surface area contributed by atoms with Crippen LogP contribution in [0.5, 0.6) is 0 Å². The molecule has 3 heteroatoms. The summed E-state index contributed by atoms with van der Waals surface area (Å²) >= 11 is 0. The van der Waals surface area contributed by atoms with Crippen molar-refractivity contribution in [2.45, 2.75) is 0 Å². The standard InChI is InChI=1S/3C46H28O/c1-3-17-33-29(12-1)14-10-24-36(33)44-39-21-7-5-19-37(39)43(38-20-6-8-22-40(38)44)32-16-9-15-31(28-32)34-23-11-25-42-45(34)41-27-26-30-13-2-4-18-35(30)46(41)47-42;1-3-14-33-29(11-1)13-9-21-36(33)44-39-18-7-5-16-37(39)43(38-17-6-8-19-40(38)44)32-25-23-31(24-26-32)34-20-10-22-42-45(34)41-28-27-30-12-2-4-15-35(30)46(41)47-42;1-2-12-33-28-34(25-20-29(33)10-1)44-39-16-7-5-14-37(39)43(38-15-6-8-17-40(38)44)32-23-21-31(22-24-32)35-18-9-19-42-45(35)41-27-26-30-11-3-4-13-36(30)46(41)47-42/h3*1-28H/i5D,6D,7D,8D,19D,20D,21D,22D;1D,3D,5D,6D,7D,8D,9D,11D,13D,14D,16D,17D,18D,19D,21D;5D,6D,7D,8D,14D,15D,16D,17D. The molecule has 30 aromatic rings. The molecule has 3 aromatic heterocycles. The third-order valence-corrected chi connectivity index (χ3v) is 27.4. The molecule has 0 unspecified atom stereocenters. The van der Waals surface area contributed by atoms with Crippen LogP contribution >= 0.6 is 0 Å². The molecule has 3 nitrogen and oxygen atoms in total. The molecular weight excluding hydrogens is 1710 g/mol. The van der Waals surface area contributed by atoms with Crippen LogP contribution in [0.2, 0.25) is 0 Å². The Balaban J connectivity index is 0.000000119. The highest BCUT2D eigenvalue weighted by molar-refractivity contribution is 6.29. The first-order chi connectivity index (χ1) is 82.8. The molecule has 0 amide bonds. The van der Waals surface area contributed by atoms with E-state index in [1.54, 1.807) is 24.3 Å². The number of benzene rings is 27. The van der Waals surface area contributed by atoms with Gasteiger partial charge in [-0.25, -0.2) is 0 Å². The van der Waals surface area contributed by atoms with Crippen LogP contribution in [-0.2, 0) is 0 Å². The van der Waals surface area contributed by atoms with Gasteiger partial charge in [-0.05, 0) is 262 Å². The van der Waals surface area contributed by atoms with Crippen LogP contribution in [0.15, 0.2) is 522 Å². The highest BCUT2D eigenvalue weighted by Gasteiger charge is 2.26. The maximum absolute atomic E-state index is 9.40. The average Bonchev–Trinajstić information content (AvgIpc) is 0.844. The number of furan rings is 3. The van der Waals surface area contributed by atoms with Crippen LogP contribution in [0, 0.1) is 0 Å². The molecule has 27 aromatic carbocycles. The van der Waals surface area contributed by atoms with E-state index in [0.29, 0.717) is 61.2 Å². The maximum atomic E-state index is 9.40. The zero-order chi connectivity index (χ0) is 120. The van der Waals surface area contributed by atoms with Crippen molar-refractivity contribution in [1.82, 2.24) is 0 Å². The van der Waals surface area contributed by atoms with E-state index in [-0.39, 0.29) is 124 Å². The van der Waals surface area contributed by atoms with Crippen LogP contribution in [0.3, 0.4) is 0 Å². The topological polar surface area (TPSA) is 39.4 Å². The lowest BCUT2D eigenvalue weighted by Crippen LogP contribution is -1.92. The van der Waals surface area contributed by atoms with Gasteiger partial charge in [0.2, 0.25) is 0 Å². The zero-order valence-electron chi connectivity index (χ0n) is 105. The first-order valence-electron chi connectivity index (χ1n) is 61.5. The number of rotatable bonds is 9. The second-order valence-corrected chi connectivity index (χ2v) is 34.9. The van der Waals surface area contributed by atoms with Gasteiger partial charge in [-0.3, -0.25) is 0 Å². The Hall–Kier alpha value is -18.5. The van der Waals surface area contributed by atoms with E-state index in [1.165, 1.54) is 0 Å². The normalized spacial score (nSPS) is 14.9. The first kappa shape index (κ1) is 55.5. The Bertz CT molecular complexity index is 12200. The number of hydrogen-bond acceptors (Lipinski definition) is 3. The van der Waals surface area contributed by atoms with Crippen molar-refractivity contribution < 1.29 is 55.7 Å². The largest absolute Gasteiger partial charge is 0.455 e. The Morgan fingerprint density at radius 1 is 0.135 bits per heavy atom. The Morgan fingerprint density at radius 3 is 0.837 bits per heavy atom. The van der Waals surface area contributed by atoms with E-state index in [4.69, 9.17) is 37.9 Å². The van der Waals surface area contributed by atoms with Gasteiger partial charge < -0.3 is 13.3 Å². The molecule has 0 spiro atoms. The molecule has 0 fully saturated rings. The van der Waals surface area contributed by atoms with Crippen molar-refractivity contribution in [3.63, 3.8) is 0 Å². The second-order valence-electron chi connectivity index (χ2n) is 34.9. The lowest BCUT2D eigenvalue weighted by Gasteiger charge is -2.19. The summed E-state index contributed by atoms with van der Waals surface area (Å²) in [7, 11) is 0. The summed E-state index contributed by atoms with van der Waals surface area (Å²) in [6.45, 7) is 0. The summed E-state index contributed by atoms with van der Waals surface area (Å²) in [6, 6.07) is 87.1. The van der Waals surface area contributed by atoms with Gasteiger partial charge in [-0.15, -0.1) is 0 Å². The van der Waals surface area contributed by atoms with Crippen molar-refractivity contribution in [3.05, 3.63) is 509 Å². The monoisotopic (exact) mass is 1820 g/mol. The molecular formula is C138H84O3. The van der Waals surface area contributed by atoms with Gasteiger partial charge in [-0.1, -0.05) is 460 Å². The molecule has 654 valence electrons. The van der Waals surface area contributed by atoms with E-state index in [0.717, 1.165) is 142 Å². The highest BCUT2D eigenvalue weighted by Crippen LogP contribution is 2.53. The molecule has 0 N–H and O–H groups in total. The summed E-state index contributed by atoms with van der Waals surface area (Å²) < 4.78 is 298. The second kappa shape index (κ2) is 33.2. The molecule has 0 bridgehead atoms. The molecule has 0 aliphatic heterocycles.